The molecule has 2 aliphatic rings. The molecule has 20 heavy (non-hydrogen) atoms. The number of rotatable bonds is 6. The number of imide groups is 1. The Morgan fingerprint density at radius 2 is 2.10 bits per heavy atom. The van der Waals surface area contributed by atoms with Crippen LogP contribution in [0, 0.1) is 0 Å². The third kappa shape index (κ3) is 3.37. The minimum Gasteiger partial charge on any atom is -0.303 e. The SMILES string of the molecule is CCSC1CCC(NC2CC(=O)N(C(C)CC)C2=O)C1. The minimum atomic E-state index is -0.285. The number of amides is 2. The number of nitrogens with zero attached hydrogens (tertiary/aromatic N) is 1. The lowest BCUT2D eigenvalue weighted by molar-refractivity contribution is -0.141. The molecule has 4 atom stereocenters. The van der Waals surface area contributed by atoms with Gasteiger partial charge in [0.1, 0.15) is 0 Å². The lowest BCUT2D eigenvalue weighted by Crippen LogP contribution is -2.45. The van der Waals surface area contributed by atoms with Gasteiger partial charge in [0.2, 0.25) is 11.8 Å². The van der Waals surface area contributed by atoms with E-state index in [0.717, 1.165) is 30.3 Å². The monoisotopic (exact) mass is 298 g/mol. The molecule has 5 heteroatoms. The number of carbonyl (C=O) groups is 2. The van der Waals surface area contributed by atoms with Crippen molar-refractivity contribution in [2.45, 2.75) is 76.3 Å². The van der Waals surface area contributed by atoms with E-state index in [0.29, 0.717) is 12.5 Å². The fraction of sp³-hybridized carbons (Fsp3) is 0.867. The second-order valence-corrected chi connectivity index (χ2v) is 7.45. The first kappa shape index (κ1) is 15.8. The van der Waals surface area contributed by atoms with Crippen molar-refractivity contribution >= 4 is 23.6 Å². The van der Waals surface area contributed by atoms with Crippen LogP contribution in [0.2, 0.25) is 0 Å². The van der Waals surface area contributed by atoms with Gasteiger partial charge in [0, 0.05) is 17.3 Å². The van der Waals surface area contributed by atoms with E-state index in [4.69, 9.17) is 0 Å². The molecule has 2 amide bonds. The third-order valence-electron chi connectivity index (χ3n) is 4.44. The molecule has 0 aromatic rings. The quantitative estimate of drug-likeness (QED) is 0.764. The molecule has 114 valence electrons. The molecule has 4 nitrogen and oxygen atoms in total. The summed E-state index contributed by atoms with van der Waals surface area (Å²) in [6, 6.07) is 0.137. The molecule has 0 radical (unpaired) electrons. The Morgan fingerprint density at radius 3 is 2.75 bits per heavy atom. The average Bonchev–Trinajstić information content (AvgIpc) is 2.96. The van der Waals surface area contributed by atoms with Crippen molar-refractivity contribution in [3.8, 4) is 0 Å². The lowest BCUT2D eigenvalue weighted by Gasteiger charge is -2.22. The van der Waals surface area contributed by atoms with Crippen LogP contribution in [0.5, 0.6) is 0 Å². The molecule has 1 saturated heterocycles. The van der Waals surface area contributed by atoms with Crippen LogP contribution < -0.4 is 5.32 Å². The van der Waals surface area contributed by atoms with Crippen molar-refractivity contribution in [1.29, 1.82) is 0 Å². The molecule has 1 aliphatic carbocycles. The van der Waals surface area contributed by atoms with Crippen molar-refractivity contribution in [2.24, 2.45) is 0 Å². The highest BCUT2D eigenvalue weighted by molar-refractivity contribution is 7.99. The zero-order chi connectivity index (χ0) is 14.7. The molecule has 0 aromatic carbocycles. The first-order valence-electron chi connectivity index (χ1n) is 7.80. The van der Waals surface area contributed by atoms with Gasteiger partial charge < -0.3 is 5.32 Å². The van der Waals surface area contributed by atoms with Crippen LogP contribution in [-0.4, -0.2) is 45.8 Å². The van der Waals surface area contributed by atoms with Crippen molar-refractivity contribution in [1.82, 2.24) is 10.2 Å². The molecule has 1 aliphatic heterocycles. The number of nitrogens with one attached hydrogen (secondary N) is 1. The van der Waals surface area contributed by atoms with Crippen molar-refractivity contribution in [3.05, 3.63) is 0 Å². The molecule has 4 unspecified atom stereocenters. The molecular formula is C15H26N2O2S. The van der Waals surface area contributed by atoms with Gasteiger partial charge in [-0.05, 0) is 38.4 Å². The van der Waals surface area contributed by atoms with Gasteiger partial charge in [-0.1, -0.05) is 13.8 Å². The number of hydrogen-bond acceptors (Lipinski definition) is 4. The predicted molar refractivity (Wildman–Crippen MR) is 82.7 cm³/mol. The highest BCUT2D eigenvalue weighted by Gasteiger charge is 2.42. The topological polar surface area (TPSA) is 49.4 Å². The standard InChI is InChI=1S/C15H26N2O2S/c1-4-10(3)17-14(18)9-13(15(17)19)16-11-6-7-12(8-11)20-5-2/h10-13,16H,4-9H2,1-3H3. The molecular weight excluding hydrogens is 272 g/mol. The number of thioether (sulfide) groups is 1. The minimum absolute atomic E-state index is 0.0145. The second kappa shape index (κ2) is 6.94. The molecule has 2 rings (SSSR count). The van der Waals surface area contributed by atoms with Gasteiger partial charge >= 0.3 is 0 Å². The fourth-order valence-electron chi connectivity index (χ4n) is 3.19. The molecule has 1 heterocycles. The summed E-state index contributed by atoms with van der Waals surface area (Å²) in [7, 11) is 0. The summed E-state index contributed by atoms with van der Waals surface area (Å²) >= 11 is 2.01. The van der Waals surface area contributed by atoms with Crippen LogP contribution in [0.1, 0.15) is 52.9 Å². The van der Waals surface area contributed by atoms with Crippen molar-refractivity contribution < 1.29 is 9.59 Å². The maximum atomic E-state index is 12.3. The predicted octanol–water partition coefficient (Wildman–Crippen LogP) is 2.18. The first-order chi connectivity index (χ1) is 9.56. The highest BCUT2D eigenvalue weighted by Crippen LogP contribution is 2.30. The zero-order valence-electron chi connectivity index (χ0n) is 12.7. The summed E-state index contributed by atoms with van der Waals surface area (Å²) in [6.07, 6.45) is 4.63. The Kier molecular flexibility index (Phi) is 5.49. The smallest absolute Gasteiger partial charge is 0.247 e. The molecule has 2 fully saturated rings. The van der Waals surface area contributed by atoms with Crippen LogP contribution in [-0.2, 0) is 9.59 Å². The Labute approximate surface area is 126 Å². The normalized spacial score (nSPS) is 32.1. The molecule has 0 spiro atoms. The Morgan fingerprint density at radius 1 is 1.35 bits per heavy atom. The second-order valence-electron chi connectivity index (χ2n) is 5.87. The Bertz CT molecular complexity index is 375. The van der Waals surface area contributed by atoms with E-state index in [9.17, 15) is 9.59 Å². The molecule has 0 bridgehead atoms. The van der Waals surface area contributed by atoms with E-state index in [1.807, 2.05) is 25.6 Å². The molecule has 0 aromatic heterocycles. The Balaban J connectivity index is 1.89. The van der Waals surface area contributed by atoms with Gasteiger partial charge in [-0.25, -0.2) is 0 Å². The van der Waals surface area contributed by atoms with Crippen molar-refractivity contribution in [2.75, 3.05) is 5.75 Å². The van der Waals surface area contributed by atoms with E-state index in [1.165, 1.54) is 11.3 Å². The van der Waals surface area contributed by atoms with Gasteiger partial charge in [-0.2, -0.15) is 11.8 Å². The largest absolute Gasteiger partial charge is 0.303 e. The highest BCUT2D eigenvalue weighted by atomic mass is 32.2. The summed E-state index contributed by atoms with van der Waals surface area (Å²) < 4.78 is 0. The summed E-state index contributed by atoms with van der Waals surface area (Å²) in [5, 5.41) is 4.15. The van der Waals surface area contributed by atoms with Crippen LogP contribution in [0.3, 0.4) is 0 Å². The number of likely N-dealkylation sites (tertiary alicyclic amines) is 1. The number of hydrogen-bond donors (Lipinski definition) is 1. The zero-order valence-corrected chi connectivity index (χ0v) is 13.5. The van der Waals surface area contributed by atoms with Gasteiger partial charge in [0.05, 0.1) is 12.5 Å². The summed E-state index contributed by atoms with van der Waals surface area (Å²) in [5.41, 5.74) is 0. The van der Waals surface area contributed by atoms with Gasteiger partial charge in [-0.3, -0.25) is 14.5 Å². The number of carbonyl (C=O) groups excluding carboxylic acids is 2. The summed E-state index contributed by atoms with van der Waals surface area (Å²) in [5.74, 6) is 1.12. The molecule has 1 N–H and O–H groups in total. The van der Waals surface area contributed by atoms with Gasteiger partial charge in [0.25, 0.3) is 0 Å². The fourth-order valence-corrected chi connectivity index (χ4v) is 4.33. The maximum absolute atomic E-state index is 12.3. The van der Waals surface area contributed by atoms with E-state index in [1.54, 1.807) is 0 Å². The van der Waals surface area contributed by atoms with E-state index in [2.05, 4.69) is 12.2 Å². The maximum Gasteiger partial charge on any atom is 0.247 e. The van der Waals surface area contributed by atoms with E-state index < -0.39 is 0 Å². The molecule has 1 saturated carbocycles. The van der Waals surface area contributed by atoms with Gasteiger partial charge in [0.15, 0.2) is 0 Å². The van der Waals surface area contributed by atoms with E-state index in [-0.39, 0.29) is 23.9 Å². The summed E-state index contributed by atoms with van der Waals surface area (Å²) in [6.45, 7) is 6.14. The Hall–Kier alpha value is -0.550. The van der Waals surface area contributed by atoms with E-state index >= 15 is 0 Å². The first-order valence-corrected chi connectivity index (χ1v) is 8.85. The third-order valence-corrected chi connectivity index (χ3v) is 5.67. The van der Waals surface area contributed by atoms with Crippen molar-refractivity contribution in [3.63, 3.8) is 0 Å². The van der Waals surface area contributed by atoms with Crippen LogP contribution in [0.25, 0.3) is 0 Å². The van der Waals surface area contributed by atoms with Crippen LogP contribution >= 0.6 is 11.8 Å². The lowest BCUT2D eigenvalue weighted by atomic mass is 10.2. The van der Waals surface area contributed by atoms with Crippen LogP contribution in [0.4, 0.5) is 0 Å². The van der Waals surface area contributed by atoms with Crippen LogP contribution in [0.15, 0.2) is 0 Å². The summed E-state index contributed by atoms with van der Waals surface area (Å²) in [4.78, 5) is 25.8. The average molecular weight is 298 g/mol. The van der Waals surface area contributed by atoms with Gasteiger partial charge in [-0.15, -0.1) is 0 Å².